The highest BCUT2D eigenvalue weighted by Crippen LogP contribution is 2.32. The number of carbonyl (C=O) groups excluding carboxylic acids is 1. The van der Waals surface area contributed by atoms with Gasteiger partial charge in [-0.05, 0) is 31.5 Å². The lowest BCUT2D eigenvalue weighted by molar-refractivity contribution is -0.137. The zero-order chi connectivity index (χ0) is 18.3. The molecule has 0 heterocycles. The second-order valence-corrected chi connectivity index (χ2v) is 5.78. The molecule has 1 aromatic carbocycles. The molecule has 1 unspecified atom stereocenters. The van der Waals surface area contributed by atoms with Crippen LogP contribution in [-0.2, 0) is 11.0 Å². The van der Waals surface area contributed by atoms with Crippen LogP contribution in [0.15, 0.2) is 18.2 Å². The van der Waals surface area contributed by atoms with Crippen molar-refractivity contribution < 1.29 is 27.1 Å². The van der Waals surface area contributed by atoms with E-state index in [0.717, 1.165) is 12.1 Å². The lowest BCUT2D eigenvalue weighted by Crippen LogP contribution is -2.44. The zero-order valence-electron chi connectivity index (χ0n) is 13.8. The molecule has 2 N–H and O–H groups in total. The third-order valence-electron chi connectivity index (χ3n) is 3.24. The van der Waals surface area contributed by atoms with Gasteiger partial charge in [-0.2, -0.15) is 13.2 Å². The molecule has 1 atom stereocenters. The molecule has 0 bridgehead atoms. The van der Waals surface area contributed by atoms with Crippen molar-refractivity contribution in [3.8, 4) is 5.75 Å². The van der Waals surface area contributed by atoms with Crippen molar-refractivity contribution in [3.05, 3.63) is 29.6 Å². The van der Waals surface area contributed by atoms with Crippen molar-refractivity contribution in [1.82, 2.24) is 10.6 Å². The van der Waals surface area contributed by atoms with Crippen LogP contribution in [0.2, 0.25) is 0 Å². The van der Waals surface area contributed by atoms with Gasteiger partial charge in [0.1, 0.15) is 18.2 Å². The van der Waals surface area contributed by atoms with Crippen molar-refractivity contribution in [2.45, 2.75) is 32.5 Å². The van der Waals surface area contributed by atoms with Crippen molar-refractivity contribution in [2.75, 3.05) is 20.2 Å². The number of ether oxygens (including phenoxy) is 1. The van der Waals surface area contributed by atoms with Gasteiger partial charge in [0.25, 0.3) is 0 Å². The molecule has 0 fully saturated rings. The first-order chi connectivity index (χ1) is 11.1. The zero-order valence-corrected chi connectivity index (χ0v) is 13.8. The molecular weight excluding hydrogens is 328 g/mol. The van der Waals surface area contributed by atoms with E-state index < -0.39 is 17.6 Å². The molecule has 24 heavy (non-hydrogen) atoms. The fourth-order valence-electron chi connectivity index (χ4n) is 2.10. The smallest absolute Gasteiger partial charge is 0.416 e. The molecule has 1 amide bonds. The molecule has 0 spiro atoms. The molecule has 0 aliphatic rings. The Hall–Kier alpha value is -1.83. The maximum atomic E-state index is 13.2. The van der Waals surface area contributed by atoms with E-state index in [1.165, 1.54) is 0 Å². The first-order valence-corrected chi connectivity index (χ1v) is 7.59. The van der Waals surface area contributed by atoms with Crippen molar-refractivity contribution in [1.29, 1.82) is 0 Å². The summed E-state index contributed by atoms with van der Waals surface area (Å²) < 4.78 is 56.1. The lowest BCUT2D eigenvalue weighted by Gasteiger charge is -2.18. The predicted molar refractivity (Wildman–Crippen MR) is 82.2 cm³/mol. The highest BCUT2D eigenvalue weighted by atomic mass is 19.4. The SMILES string of the molecule is CNC(CC(C)C)C(=O)NCCOc1cc(F)cc(C(F)(F)F)c1. The summed E-state index contributed by atoms with van der Waals surface area (Å²) in [5, 5.41) is 5.52. The fraction of sp³-hybridized carbons (Fsp3) is 0.562. The monoisotopic (exact) mass is 350 g/mol. The Bertz CT molecular complexity index is 547. The molecule has 136 valence electrons. The van der Waals surface area contributed by atoms with Gasteiger partial charge in [0, 0.05) is 6.07 Å². The standard InChI is InChI=1S/C16H22F4N2O2/c1-10(2)6-14(21-3)15(23)22-4-5-24-13-8-11(16(18,19)20)7-12(17)9-13/h7-10,14,21H,4-6H2,1-3H3,(H,22,23). The number of carbonyl (C=O) groups is 1. The summed E-state index contributed by atoms with van der Waals surface area (Å²) in [6, 6.07) is 1.64. The summed E-state index contributed by atoms with van der Waals surface area (Å²) in [6.45, 7) is 4.02. The van der Waals surface area contributed by atoms with Crippen LogP contribution in [0.1, 0.15) is 25.8 Å². The maximum Gasteiger partial charge on any atom is 0.416 e. The first kappa shape index (κ1) is 20.2. The number of amides is 1. The van der Waals surface area contributed by atoms with Crippen LogP contribution in [0, 0.1) is 11.7 Å². The number of alkyl halides is 3. The van der Waals surface area contributed by atoms with E-state index in [2.05, 4.69) is 10.6 Å². The molecule has 0 aliphatic carbocycles. The molecular formula is C16H22F4N2O2. The molecule has 8 heteroatoms. The number of hydrogen-bond donors (Lipinski definition) is 2. The van der Waals surface area contributed by atoms with Gasteiger partial charge in [0.05, 0.1) is 18.2 Å². The molecule has 0 aromatic heterocycles. The van der Waals surface area contributed by atoms with Gasteiger partial charge in [-0.15, -0.1) is 0 Å². The number of halogens is 4. The second-order valence-electron chi connectivity index (χ2n) is 5.78. The van der Waals surface area contributed by atoms with E-state index in [9.17, 15) is 22.4 Å². The van der Waals surface area contributed by atoms with Crippen LogP contribution in [-0.4, -0.2) is 32.1 Å². The molecule has 1 rings (SSSR count). The van der Waals surface area contributed by atoms with Gasteiger partial charge in [0.15, 0.2) is 0 Å². The van der Waals surface area contributed by atoms with Gasteiger partial charge < -0.3 is 15.4 Å². The number of nitrogens with one attached hydrogen (secondary N) is 2. The summed E-state index contributed by atoms with van der Waals surface area (Å²) in [4.78, 5) is 11.9. The van der Waals surface area contributed by atoms with Crippen molar-refractivity contribution in [3.63, 3.8) is 0 Å². The number of hydrogen-bond acceptors (Lipinski definition) is 3. The third kappa shape index (κ3) is 6.74. The van der Waals surface area contributed by atoms with Crippen LogP contribution in [0.4, 0.5) is 17.6 Å². The minimum absolute atomic E-state index is 0.0649. The van der Waals surface area contributed by atoms with Gasteiger partial charge in [0.2, 0.25) is 5.91 Å². The van der Waals surface area contributed by atoms with E-state index in [1.807, 2.05) is 13.8 Å². The molecule has 0 saturated carbocycles. The summed E-state index contributed by atoms with van der Waals surface area (Å²) in [5.41, 5.74) is -1.12. The average Bonchev–Trinajstić information content (AvgIpc) is 2.47. The Morgan fingerprint density at radius 1 is 1.25 bits per heavy atom. The quantitative estimate of drug-likeness (QED) is 0.560. The van der Waals surface area contributed by atoms with E-state index in [1.54, 1.807) is 7.05 Å². The van der Waals surface area contributed by atoms with E-state index in [4.69, 9.17) is 4.74 Å². The molecule has 1 aromatic rings. The van der Waals surface area contributed by atoms with E-state index >= 15 is 0 Å². The molecule has 0 radical (unpaired) electrons. The van der Waals surface area contributed by atoms with Crippen LogP contribution >= 0.6 is 0 Å². The highest BCUT2D eigenvalue weighted by molar-refractivity contribution is 5.81. The summed E-state index contributed by atoms with van der Waals surface area (Å²) in [7, 11) is 1.68. The third-order valence-corrected chi connectivity index (χ3v) is 3.24. The van der Waals surface area contributed by atoms with Gasteiger partial charge in [-0.3, -0.25) is 4.79 Å². The van der Waals surface area contributed by atoms with Gasteiger partial charge >= 0.3 is 6.18 Å². The van der Waals surface area contributed by atoms with Crippen LogP contribution < -0.4 is 15.4 Å². The Morgan fingerprint density at radius 2 is 1.92 bits per heavy atom. The summed E-state index contributed by atoms with van der Waals surface area (Å²) in [5.74, 6) is -1.15. The molecule has 0 aliphatic heterocycles. The summed E-state index contributed by atoms with van der Waals surface area (Å²) in [6.07, 6.45) is -3.99. The average molecular weight is 350 g/mol. The minimum Gasteiger partial charge on any atom is -0.492 e. The summed E-state index contributed by atoms with van der Waals surface area (Å²) >= 11 is 0. The number of benzene rings is 1. The topological polar surface area (TPSA) is 50.4 Å². The Labute approximate surface area is 138 Å². The molecule has 0 saturated heterocycles. The normalized spacial score (nSPS) is 13.0. The lowest BCUT2D eigenvalue weighted by atomic mass is 10.0. The van der Waals surface area contributed by atoms with Gasteiger partial charge in [-0.1, -0.05) is 13.8 Å². The Morgan fingerprint density at radius 3 is 2.46 bits per heavy atom. The maximum absolute atomic E-state index is 13.2. The van der Waals surface area contributed by atoms with E-state index in [-0.39, 0.29) is 30.9 Å². The molecule has 4 nitrogen and oxygen atoms in total. The Kier molecular flexibility index (Phi) is 7.47. The minimum atomic E-state index is -4.65. The first-order valence-electron chi connectivity index (χ1n) is 7.59. The fourth-order valence-corrected chi connectivity index (χ4v) is 2.10. The van der Waals surface area contributed by atoms with Crippen LogP contribution in [0.25, 0.3) is 0 Å². The second kappa shape index (κ2) is 8.86. The number of rotatable bonds is 8. The number of likely N-dealkylation sites (N-methyl/N-ethyl adjacent to an activating group) is 1. The predicted octanol–water partition coefficient (Wildman–Crippen LogP) is 2.97. The van der Waals surface area contributed by atoms with Gasteiger partial charge in [-0.25, -0.2) is 4.39 Å². The van der Waals surface area contributed by atoms with E-state index in [0.29, 0.717) is 18.4 Å². The van der Waals surface area contributed by atoms with Crippen molar-refractivity contribution in [2.24, 2.45) is 5.92 Å². The highest BCUT2D eigenvalue weighted by Gasteiger charge is 2.31. The Balaban J connectivity index is 2.51. The largest absolute Gasteiger partial charge is 0.492 e. The van der Waals surface area contributed by atoms with Crippen LogP contribution in [0.5, 0.6) is 5.75 Å². The van der Waals surface area contributed by atoms with Crippen LogP contribution in [0.3, 0.4) is 0 Å². The van der Waals surface area contributed by atoms with Crippen molar-refractivity contribution >= 4 is 5.91 Å².